The summed E-state index contributed by atoms with van der Waals surface area (Å²) in [5, 5.41) is 24.0. The minimum Gasteiger partial charge on any atom is -0.478 e. The van der Waals surface area contributed by atoms with Crippen LogP contribution in [0.1, 0.15) is 15.9 Å². The third-order valence-corrected chi connectivity index (χ3v) is 3.14. The molecule has 0 unspecified atom stereocenters. The number of carbonyl (C=O) groups is 2. The van der Waals surface area contributed by atoms with E-state index in [2.05, 4.69) is 10.6 Å². The van der Waals surface area contributed by atoms with Gasteiger partial charge in [-0.2, -0.15) is 13.2 Å². The SMILES string of the molecule is O=C(Nc1cccc(C(F)(F)F)c1)Nc1cc([N+](=O)[O-])ccc1C(=O)O. The molecule has 136 valence electrons. The number of carboxylic acids is 1. The standard InChI is InChI=1S/C15H10F3N3O5/c16-15(17,18)8-2-1-3-9(6-8)19-14(24)20-12-7-10(21(25)26)4-5-11(12)13(22)23/h1-7H,(H,22,23)(H2,19,20,24). The zero-order valence-electron chi connectivity index (χ0n) is 12.7. The summed E-state index contributed by atoms with van der Waals surface area (Å²) in [4.78, 5) is 33.0. The molecule has 0 atom stereocenters. The van der Waals surface area contributed by atoms with Crippen LogP contribution in [-0.2, 0) is 6.18 Å². The number of aromatic carboxylic acids is 1. The topological polar surface area (TPSA) is 122 Å². The number of halogens is 3. The fraction of sp³-hybridized carbons (Fsp3) is 0.0667. The molecule has 26 heavy (non-hydrogen) atoms. The fourth-order valence-electron chi connectivity index (χ4n) is 1.99. The van der Waals surface area contributed by atoms with Crippen molar-refractivity contribution in [3.05, 3.63) is 63.7 Å². The number of urea groups is 1. The van der Waals surface area contributed by atoms with Crippen molar-refractivity contribution >= 4 is 29.1 Å². The Morgan fingerprint density at radius 2 is 1.77 bits per heavy atom. The Morgan fingerprint density at radius 1 is 1.08 bits per heavy atom. The zero-order chi connectivity index (χ0) is 19.5. The first kappa shape index (κ1) is 18.7. The van der Waals surface area contributed by atoms with Crippen molar-refractivity contribution in [3.63, 3.8) is 0 Å². The van der Waals surface area contributed by atoms with Gasteiger partial charge in [-0.15, -0.1) is 0 Å². The molecule has 0 bridgehead atoms. The van der Waals surface area contributed by atoms with Gasteiger partial charge in [0, 0.05) is 17.8 Å². The maximum absolute atomic E-state index is 12.7. The highest BCUT2D eigenvalue weighted by Gasteiger charge is 2.30. The molecule has 0 spiro atoms. The number of hydrogen-bond acceptors (Lipinski definition) is 4. The largest absolute Gasteiger partial charge is 0.478 e. The lowest BCUT2D eigenvalue weighted by Gasteiger charge is -2.12. The lowest BCUT2D eigenvalue weighted by molar-refractivity contribution is -0.384. The summed E-state index contributed by atoms with van der Waals surface area (Å²) in [6.45, 7) is 0. The van der Waals surface area contributed by atoms with Crippen LogP contribution in [-0.4, -0.2) is 22.0 Å². The van der Waals surface area contributed by atoms with Crippen molar-refractivity contribution in [2.24, 2.45) is 0 Å². The Hall–Kier alpha value is -3.63. The molecular formula is C15H10F3N3O5. The van der Waals surface area contributed by atoms with E-state index in [9.17, 15) is 32.9 Å². The van der Waals surface area contributed by atoms with Gasteiger partial charge in [0.1, 0.15) is 0 Å². The number of carbonyl (C=O) groups excluding carboxylic acids is 1. The first-order valence-corrected chi connectivity index (χ1v) is 6.85. The Balaban J connectivity index is 2.24. The molecule has 3 N–H and O–H groups in total. The van der Waals surface area contributed by atoms with Crippen molar-refractivity contribution in [1.82, 2.24) is 0 Å². The van der Waals surface area contributed by atoms with Crippen molar-refractivity contribution in [2.45, 2.75) is 6.18 Å². The summed E-state index contributed by atoms with van der Waals surface area (Å²) < 4.78 is 38.0. The van der Waals surface area contributed by atoms with Crippen molar-refractivity contribution in [1.29, 1.82) is 0 Å². The molecule has 0 aliphatic heterocycles. The van der Waals surface area contributed by atoms with Gasteiger partial charge in [-0.3, -0.25) is 10.1 Å². The molecule has 11 heteroatoms. The second-order valence-electron chi connectivity index (χ2n) is 4.95. The highest BCUT2D eigenvalue weighted by molar-refractivity contribution is 6.05. The maximum Gasteiger partial charge on any atom is 0.416 e. The number of anilines is 2. The molecule has 2 amide bonds. The van der Waals surface area contributed by atoms with E-state index in [-0.39, 0.29) is 11.4 Å². The molecule has 0 saturated carbocycles. The van der Waals surface area contributed by atoms with Gasteiger partial charge >= 0.3 is 18.2 Å². The first-order chi connectivity index (χ1) is 12.1. The molecule has 2 aromatic carbocycles. The molecule has 0 saturated heterocycles. The number of hydrogen-bond donors (Lipinski definition) is 3. The van der Waals surface area contributed by atoms with Crippen LogP contribution >= 0.6 is 0 Å². The number of rotatable bonds is 4. The molecule has 0 aromatic heterocycles. The van der Waals surface area contributed by atoms with Crippen LogP contribution in [0.25, 0.3) is 0 Å². The Labute approximate surface area is 143 Å². The number of nitrogens with zero attached hydrogens (tertiary/aromatic N) is 1. The summed E-state index contributed by atoms with van der Waals surface area (Å²) in [6, 6.07) is 5.41. The van der Waals surface area contributed by atoms with Crippen LogP contribution in [0.4, 0.5) is 35.0 Å². The predicted octanol–water partition coefficient (Wildman–Crippen LogP) is 3.96. The Kier molecular flexibility index (Phi) is 5.10. The van der Waals surface area contributed by atoms with Gasteiger partial charge < -0.3 is 15.7 Å². The van der Waals surface area contributed by atoms with E-state index in [1.807, 2.05) is 0 Å². The highest BCUT2D eigenvalue weighted by atomic mass is 19.4. The van der Waals surface area contributed by atoms with E-state index in [1.54, 1.807) is 0 Å². The third kappa shape index (κ3) is 4.47. The van der Waals surface area contributed by atoms with Gasteiger partial charge in [0.15, 0.2) is 0 Å². The predicted molar refractivity (Wildman–Crippen MR) is 84.1 cm³/mol. The number of benzene rings is 2. The van der Waals surface area contributed by atoms with Crippen molar-refractivity contribution < 1.29 is 32.8 Å². The van der Waals surface area contributed by atoms with Gasteiger partial charge in [-0.25, -0.2) is 9.59 Å². The number of nitrogens with one attached hydrogen (secondary N) is 2. The zero-order valence-corrected chi connectivity index (χ0v) is 12.7. The minimum absolute atomic E-state index is 0.195. The van der Waals surface area contributed by atoms with Gasteiger partial charge in [0.05, 0.1) is 21.7 Å². The fourth-order valence-corrected chi connectivity index (χ4v) is 1.99. The monoisotopic (exact) mass is 369 g/mol. The molecule has 0 aliphatic carbocycles. The van der Waals surface area contributed by atoms with E-state index in [1.165, 1.54) is 6.07 Å². The third-order valence-electron chi connectivity index (χ3n) is 3.14. The van der Waals surface area contributed by atoms with E-state index in [0.29, 0.717) is 6.07 Å². The average Bonchev–Trinajstić information content (AvgIpc) is 2.53. The van der Waals surface area contributed by atoms with Gasteiger partial charge in [0.25, 0.3) is 5.69 Å². The van der Waals surface area contributed by atoms with Crippen LogP contribution in [0, 0.1) is 10.1 Å². The van der Waals surface area contributed by atoms with E-state index >= 15 is 0 Å². The molecular weight excluding hydrogens is 359 g/mol. The van der Waals surface area contributed by atoms with Gasteiger partial charge in [-0.1, -0.05) is 6.07 Å². The molecule has 0 heterocycles. The summed E-state index contributed by atoms with van der Waals surface area (Å²) in [5.74, 6) is -1.45. The van der Waals surface area contributed by atoms with E-state index < -0.39 is 39.9 Å². The smallest absolute Gasteiger partial charge is 0.416 e. The van der Waals surface area contributed by atoms with Crippen LogP contribution < -0.4 is 10.6 Å². The number of carboxylic acid groups (broad SMARTS) is 1. The highest BCUT2D eigenvalue weighted by Crippen LogP contribution is 2.30. The van der Waals surface area contributed by atoms with Gasteiger partial charge in [0.2, 0.25) is 0 Å². The van der Waals surface area contributed by atoms with Crippen LogP contribution in [0.5, 0.6) is 0 Å². The summed E-state index contributed by atoms with van der Waals surface area (Å²) >= 11 is 0. The van der Waals surface area contributed by atoms with Gasteiger partial charge in [-0.05, 0) is 24.3 Å². The Morgan fingerprint density at radius 3 is 2.35 bits per heavy atom. The molecule has 8 nitrogen and oxygen atoms in total. The molecule has 0 aliphatic rings. The average molecular weight is 369 g/mol. The summed E-state index contributed by atoms with van der Waals surface area (Å²) in [6.07, 6.45) is -4.61. The van der Waals surface area contributed by atoms with Crippen molar-refractivity contribution in [3.8, 4) is 0 Å². The van der Waals surface area contributed by atoms with Crippen molar-refractivity contribution in [2.75, 3.05) is 10.6 Å². The second kappa shape index (κ2) is 7.09. The van der Waals surface area contributed by atoms with E-state index in [4.69, 9.17) is 5.11 Å². The molecule has 2 aromatic rings. The lowest BCUT2D eigenvalue weighted by atomic mass is 10.1. The number of amides is 2. The van der Waals surface area contributed by atoms with E-state index in [0.717, 1.165) is 30.3 Å². The number of nitro benzene ring substituents is 1. The summed E-state index contributed by atoms with van der Waals surface area (Å²) in [7, 11) is 0. The van der Waals surface area contributed by atoms with Crippen LogP contribution in [0.15, 0.2) is 42.5 Å². The number of nitro groups is 1. The molecule has 0 fully saturated rings. The minimum atomic E-state index is -4.61. The molecule has 2 rings (SSSR count). The maximum atomic E-state index is 12.7. The van der Waals surface area contributed by atoms with Crippen LogP contribution in [0.2, 0.25) is 0 Å². The van der Waals surface area contributed by atoms with Crippen LogP contribution in [0.3, 0.4) is 0 Å². The summed E-state index contributed by atoms with van der Waals surface area (Å²) in [5.41, 5.74) is -2.45. The number of alkyl halides is 3. The molecule has 0 radical (unpaired) electrons. The number of non-ortho nitro benzene ring substituents is 1. The Bertz CT molecular complexity index is 883. The normalized spacial score (nSPS) is 10.9. The first-order valence-electron chi connectivity index (χ1n) is 6.85. The quantitative estimate of drug-likeness (QED) is 0.556. The second-order valence-corrected chi connectivity index (χ2v) is 4.95. The lowest BCUT2D eigenvalue weighted by Crippen LogP contribution is -2.21.